The van der Waals surface area contributed by atoms with Gasteiger partial charge in [-0.25, -0.2) is 4.79 Å². The monoisotopic (exact) mass is 409 g/mol. The summed E-state index contributed by atoms with van der Waals surface area (Å²) in [4.78, 5) is 26.1. The van der Waals surface area contributed by atoms with Crippen LogP contribution in [-0.2, 0) is 20.7 Å². The van der Waals surface area contributed by atoms with Crippen LogP contribution in [0.3, 0.4) is 0 Å². The normalized spacial score (nSPS) is 27.7. The Bertz CT molecular complexity index is 726. The Labute approximate surface area is 170 Å². The maximum Gasteiger partial charge on any atom is 0.343 e. The molecule has 1 N–H and O–H groups in total. The van der Waals surface area contributed by atoms with Crippen LogP contribution in [0.1, 0.15) is 44.6 Å². The van der Waals surface area contributed by atoms with E-state index in [0.717, 1.165) is 44.2 Å². The number of nitrogens with zero attached hydrogens (tertiary/aromatic N) is 1. The van der Waals surface area contributed by atoms with Crippen molar-refractivity contribution in [3.05, 3.63) is 28.8 Å². The van der Waals surface area contributed by atoms with Crippen molar-refractivity contribution >= 4 is 23.5 Å². The second-order valence-electron chi connectivity index (χ2n) is 8.07. The third-order valence-corrected chi connectivity index (χ3v) is 6.25. The topological polar surface area (TPSA) is 76.1 Å². The fourth-order valence-electron chi connectivity index (χ4n) is 4.10. The van der Waals surface area contributed by atoms with Crippen LogP contribution in [0.25, 0.3) is 0 Å². The third kappa shape index (κ3) is 4.97. The minimum atomic E-state index is -0.593. The number of aliphatic hydroxyl groups is 1. The molecule has 154 valence electrons. The number of hydrogen-bond acceptors (Lipinski definition) is 5. The molecule has 1 aromatic rings. The summed E-state index contributed by atoms with van der Waals surface area (Å²) in [5, 5.41) is 10.7. The lowest BCUT2D eigenvalue weighted by atomic mass is 9.83. The summed E-state index contributed by atoms with van der Waals surface area (Å²) in [6.07, 6.45) is 4.62. The minimum absolute atomic E-state index is 0.0678. The first-order valence-electron chi connectivity index (χ1n) is 9.80. The SMILES string of the molecule is COC(=O)COc1ccc(CC2CCN(C3CCC(C)(O)CC3)C2=O)c(Cl)c1. The van der Waals surface area contributed by atoms with Gasteiger partial charge >= 0.3 is 5.97 Å². The predicted molar refractivity (Wildman–Crippen MR) is 105 cm³/mol. The van der Waals surface area contributed by atoms with E-state index in [-0.39, 0.29) is 24.5 Å². The van der Waals surface area contributed by atoms with Gasteiger partial charge in [0.1, 0.15) is 5.75 Å². The molecule has 3 rings (SSSR count). The van der Waals surface area contributed by atoms with E-state index >= 15 is 0 Å². The lowest BCUT2D eigenvalue weighted by molar-refractivity contribution is -0.143. The maximum atomic E-state index is 12.9. The summed E-state index contributed by atoms with van der Waals surface area (Å²) >= 11 is 6.37. The second kappa shape index (κ2) is 8.70. The smallest absolute Gasteiger partial charge is 0.343 e. The Morgan fingerprint density at radius 2 is 2.04 bits per heavy atom. The molecule has 0 aromatic heterocycles. The first-order valence-corrected chi connectivity index (χ1v) is 10.2. The maximum absolute atomic E-state index is 12.9. The number of amides is 1. The highest BCUT2D eigenvalue weighted by Crippen LogP contribution is 2.35. The van der Waals surface area contributed by atoms with Gasteiger partial charge in [0.15, 0.2) is 6.61 Å². The van der Waals surface area contributed by atoms with E-state index < -0.39 is 11.6 Å². The fourth-order valence-corrected chi connectivity index (χ4v) is 4.35. The molecular formula is C21H28ClNO5. The molecule has 1 aliphatic heterocycles. The van der Waals surface area contributed by atoms with Gasteiger partial charge in [0.25, 0.3) is 0 Å². The number of hydrogen-bond donors (Lipinski definition) is 1. The van der Waals surface area contributed by atoms with Crippen molar-refractivity contribution in [1.82, 2.24) is 4.90 Å². The number of benzene rings is 1. The lowest BCUT2D eigenvalue weighted by Gasteiger charge is -2.37. The lowest BCUT2D eigenvalue weighted by Crippen LogP contribution is -2.43. The molecule has 7 heteroatoms. The average molecular weight is 410 g/mol. The molecule has 0 radical (unpaired) electrons. The molecule has 0 bridgehead atoms. The number of carbonyl (C=O) groups excluding carboxylic acids is 2. The van der Waals surface area contributed by atoms with Gasteiger partial charge in [0.05, 0.1) is 12.7 Å². The largest absolute Gasteiger partial charge is 0.482 e. The Morgan fingerprint density at radius 3 is 2.68 bits per heavy atom. The van der Waals surface area contributed by atoms with Gasteiger partial charge in [-0.1, -0.05) is 17.7 Å². The van der Waals surface area contributed by atoms with Crippen LogP contribution in [0.5, 0.6) is 5.75 Å². The number of likely N-dealkylation sites (tertiary alicyclic amines) is 1. The summed E-state index contributed by atoms with van der Waals surface area (Å²) in [5.74, 6) is 0.157. The van der Waals surface area contributed by atoms with Crippen LogP contribution >= 0.6 is 11.6 Å². The van der Waals surface area contributed by atoms with E-state index in [0.29, 0.717) is 17.2 Å². The van der Waals surface area contributed by atoms with Crippen LogP contribution < -0.4 is 4.74 Å². The van der Waals surface area contributed by atoms with E-state index in [9.17, 15) is 14.7 Å². The van der Waals surface area contributed by atoms with Crippen molar-refractivity contribution in [3.63, 3.8) is 0 Å². The molecule has 1 heterocycles. The molecule has 1 atom stereocenters. The first-order chi connectivity index (χ1) is 13.3. The molecule has 6 nitrogen and oxygen atoms in total. The molecule has 1 aromatic carbocycles. The van der Waals surface area contributed by atoms with Crippen LogP contribution in [0.4, 0.5) is 0 Å². The predicted octanol–water partition coefficient (Wildman–Crippen LogP) is 2.98. The third-order valence-electron chi connectivity index (χ3n) is 5.90. The standard InChI is InChI=1S/C21H28ClNO5/c1-21(26)8-5-16(6-9-21)23-10-7-15(20(23)25)11-14-3-4-17(12-18(14)22)28-13-19(24)27-2/h3-4,12,15-16,26H,5-11,13H2,1-2H3. The van der Waals surface area contributed by atoms with Crippen molar-refractivity contribution in [1.29, 1.82) is 0 Å². The Kier molecular flexibility index (Phi) is 6.50. The molecule has 1 amide bonds. The molecule has 0 spiro atoms. The molecule has 2 fully saturated rings. The van der Waals surface area contributed by atoms with Gasteiger partial charge in [-0.15, -0.1) is 0 Å². The zero-order chi connectivity index (χ0) is 20.3. The number of rotatable bonds is 6. The second-order valence-corrected chi connectivity index (χ2v) is 8.47. The number of esters is 1. The average Bonchev–Trinajstić information content (AvgIpc) is 3.02. The summed E-state index contributed by atoms with van der Waals surface area (Å²) < 4.78 is 9.89. The van der Waals surface area contributed by atoms with Gasteiger partial charge < -0.3 is 19.5 Å². The molecule has 1 unspecified atom stereocenters. The van der Waals surface area contributed by atoms with E-state index in [2.05, 4.69) is 4.74 Å². The highest BCUT2D eigenvalue weighted by Gasteiger charge is 2.39. The van der Waals surface area contributed by atoms with Gasteiger partial charge in [-0.2, -0.15) is 0 Å². The highest BCUT2D eigenvalue weighted by molar-refractivity contribution is 6.31. The van der Waals surface area contributed by atoms with Gasteiger partial charge in [-0.05, 0) is 63.1 Å². The molecule has 1 saturated carbocycles. The molecule has 28 heavy (non-hydrogen) atoms. The molecule has 2 aliphatic rings. The number of methoxy groups -OCH3 is 1. The number of halogens is 1. The zero-order valence-electron chi connectivity index (χ0n) is 16.4. The number of ether oxygens (including phenoxy) is 2. The summed E-state index contributed by atoms with van der Waals surface area (Å²) in [7, 11) is 1.30. The van der Waals surface area contributed by atoms with E-state index in [1.807, 2.05) is 17.9 Å². The molecular weight excluding hydrogens is 382 g/mol. The Hall–Kier alpha value is -1.79. The first kappa shape index (κ1) is 20.9. The number of carbonyl (C=O) groups is 2. The summed E-state index contributed by atoms with van der Waals surface area (Å²) in [6.45, 7) is 2.48. The van der Waals surface area contributed by atoms with E-state index in [1.54, 1.807) is 12.1 Å². The van der Waals surface area contributed by atoms with Crippen molar-refractivity contribution in [3.8, 4) is 5.75 Å². The van der Waals surface area contributed by atoms with Crippen molar-refractivity contribution in [2.75, 3.05) is 20.3 Å². The highest BCUT2D eigenvalue weighted by atomic mass is 35.5. The van der Waals surface area contributed by atoms with Gasteiger partial charge in [0.2, 0.25) is 5.91 Å². The van der Waals surface area contributed by atoms with Crippen molar-refractivity contribution < 1.29 is 24.2 Å². The van der Waals surface area contributed by atoms with E-state index in [4.69, 9.17) is 16.3 Å². The zero-order valence-corrected chi connectivity index (χ0v) is 17.2. The Morgan fingerprint density at radius 1 is 1.32 bits per heavy atom. The van der Waals surface area contributed by atoms with E-state index in [1.165, 1.54) is 7.11 Å². The van der Waals surface area contributed by atoms with Crippen molar-refractivity contribution in [2.45, 2.75) is 57.1 Å². The quantitative estimate of drug-likeness (QED) is 0.731. The molecule has 1 saturated heterocycles. The van der Waals surface area contributed by atoms with Crippen LogP contribution in [0, 0.1) is 5.92 Å². The minimum Gasteiger partial charge on any atom is -0.482 e. The molecule has 1 aliphatic carbocycles. The Balaban J connectivity index is 1.57. The summed E-state index contributed by atoms with van der Waals surface area (Å²) in [5.41, 5.74) is 0.308. The van der Waals surface area contributed by atoms with Gasteiger partial charge in [-0.3, -0.25) is 4.79 Å². The summed E-state index contributed by atoms with van der Waals surface area (Å²) in [6, 6.07) is 5.51. The van der Waals surface area contributed by atoms with Crippen molar-refractivity contribution in [2.24, 2.45) is 5.92 Å². The van der Waals surface area contributed by atoms with Crippen LogP contribution in [0.15, 0.2) is 18.2 Å². The van der Waals surface area contributed by atoms with Gasteiger partial charge in [0, 0.05) is 23.5 Å². The van der Waals surface area contributed by atoms with Crippen LogP contribution in [0.2, 0.25) is 5.02 Å². The fraction of sp³-hybridized carbons (Fsp3) is 0.619. The van der Waals surface area contributed by atoms with Crippen LogP contribution in [-0.4, -0.2) is 53.8 Å².